The molecule has 0 bridgehead atoms. The van der Waals surface area contributed by atoms with Crippen molar-refractivity contribution in [3.05, 3.63) is 42.0 Å². The van der Waals surface area contributed by atoms with Gasteiger partial charge in [0.25, 0.3) is 0 Å². The van der Waals surface area contributed by atoms with E-state index in [9.17, 15) is 0 Å². The highest BCUT2D eigenvalue weighted by Gasteiger charge is 2.40. The zero-order valence-electron chi connectivity index (χ0n) is 17.0. The van der Waals surface area contributed by atoms with Crippen molar-refractivity contribution in [2.75, 3.05) is 13.2 Å². The van der Waals surface area contributed by atoms with Crippen molar-refractivity contribution in [2.24, 2.45) is 0 Å². The first-order valence-electron chi connectivity index (χ1n) is 10.7. The maximum atomic E-state index is 5.99. The molecule has 1 fully saturated rings. The van der Waals surface area contributed by atoms with Crippen molar-refractivity contribution in [3.63, 3.8) is 0 Å². The molecule has 1 aliphatic rings. The molecule has 0 radical (unpaired) electrons. The van der Waals surface area contributed by atoms with Crippen LogP contribution in [0.25, 0.3) is 0 Å². The van der Waals surface area contributed by atoms with E-state index < -0.39 is 0 Å². The standard InChI is InChI=1S/C24H38O2/c1-3-4-5-6-7-8-9-10-11-12-13-14-17-22-18-15-16-19-23(22)25-20-24(2)21-26-24/h6-7,15-16,18-19H,3-5,8-14,17,20-21H2,1-2H3/b7-6+. The highest BCUT2D eigenvalue weighted by molar-refractivity contribution is 5.33. The van der Waals surface area contributed by atoms with Gasteiger partial charge in [-0.15, -0.1) is 0 Å². The van der Waals surface area contributed by atoms with Crippen LogP contribution in [-0.4, -0.2) is 18.8 Å². The summed E-state index contributed by atoms with van der Waals surface area (Å²) in [5.41, 5.74) is 1.30. The molecule has 1 unspecified atom stereocenters. The fraction of sp³-hybridized carbons (Fsp3) is 0.667. The topological polar surface area (TPSA) is 21.8 Å². The van der Waals surface area contributed by atoms with Crippen LogP contribution in [0.4, 0.5) is 0 Å². The van der Waals surface area contributed by atoms with Crippen LogP contribution in [0, 0.1) is 0 Å². The minimum atomic E-state index is -0.0434. The summed E-state index contributed by atoms with van der Waals surface area (Å²) in [6.07, 6.45) is 19.0. The quantitative estimate of drug-likeness (QED) is 0.194. The lowest BCUT2D eigenvalue weighted by atomic mass is 10.0. The Morgan fingerprint density at radius 2 is 1.62 bits per heavy atom. The number of epoxide rings is 1. The summed E-state index contributed by atoms with van der Waals surface area (Å²) in [7, 11) is 0. The Morgan fingerprint density at radius 1 is 0.962 bits per heavy atom. The third kappa shape index (κ3) is 8.89. The number of allylic oxidation sites excluding steroid dienone is 2. The van der Waals surface area contributed by atoms with Gasteiger partial charge in [0.1, 0.15) is 18.0 Å². The first-order chi connectivity index (χ1) is 12.7. The average molecular weight is 359 g/mol. The van der Waals surface area contributed by atoms with Gasteiger partial charge in [-0.2, -0.15) is 0 Å². The van der Waals surface area contributed by atoms with E-state index in [0.29, 0.717) is 6.61 Å². The van der Waals surface area contributed by atoms with Gasteiger partial charge in [0.05, 0.1) is 6.61 Å². The maximum absolute atomic E-state index is 5.99. The van der Waals surface area contributed by atoms with E-state index in [0.717, 1.165) is 18.8 Å². The molecule has 0 N–H and O–H groups in total. The van der Waals surface area contributed by atoms with Gasteiger partial charge in [0, 0.05) is 0 Å². The number of hydrogen-bond donors (Lipinski definition) is 0. The fourth-order valence-corrected chi connectivity index (χ4v) is 3.13. The van der Waals surface area contributed by atoms with Gasteiger partial charge in [0.15, 0.2) is 0 Å². The fourth-order valence-electron chi connectivity index (χ4n) is 3.13. The lowest BCUT2D eigenvalue weighted by Gasteiger charge is -2.13. The number of ether oxygens (including phenoxy) is 2. The normalized spacial score (nSPS) is 19.2. The Bertz CT molecular complexity index is 517. The molecule has 1 aliphatic heterocycles. The minimum absolute atomic E-state index is 0.0434. The molecule has 26 heavy (non-hydrogen) atoms. The van der Waals surface area contributed by atoms with Crippen LogP contribution in [0.15, 0.2) is 36.4 Å². The monoisotopic (exact) mass is 358 g/mol. The van der Waals surface area contributed by atoms with E-state index in [1.54, 1.807) is 0 Å². The molecule has 0 amide bonds. The molecule has 1 saturated heterocycles. The van der Waals surface area contributed by atoms with Crippen molar-refractivity contribution < 1.29 is 9.47 Å². The smallest absolute Gasteiger partial charge is 0.123 e. The highest BCUT2D eigenvalue weighted by atomic mass is 16.6. The van der Waals surface area contributed by atoms with Gasteiger partial charge in [-0.25, -0.2) is 0 Å². The molecule has 1 aromatic rings. The molecule has 146 valence electrons. The molecule has 2 heteroatoms. The van der Waals surface area contributed by atoms with Crippen LogP contribution < -0.4 is 4.74 Å². The van der Waals surface area contributed by atoms with E-state index in [1.807, 2.05) is 0 Å². The molecule has 0 aliphatic carbocycles. The Hall–Kier alpha value is -1.28. The first-order valence-corrected chi connectivity index (χ1v) is 10.7. The Labute approximate surface area is 161 Å². The third-order valence-corrected chi connectivity index (χ3v) is 5.10. The Kier molecular flexibility index (Phi) is 9.84. The second-order valence-electron chi connectivity index (χ2n) is 7.91. The predicted octanol–water partition coefficient (Wildman–Crippen LogP) is 6.87. The summed E-state index contributed by atoms with van der Waals surface area (Å²) in [5.74, 6) is 1.04. The van der Waals surface area contributed by atoms with Crippen LogP contribution in [0.1, 0.15) is 83.6 Å². The summed E-state index contributed by atoms with van der Waals surface area (Å²) in [5, 5.41) is 0. The zero-order chi connectivity index (χ0) is 18.5. The second kappa shape index (κ2) is 12.2. The van der Waals surface area contributed by atoms with Crippen LogP contribution in [0.5, 0.6) is 5.75 Å². The van der Waals surface area contributed by atoms with E-state index >= 15 is 0 Å². The van der Waals surface area contributed by atoms with Gasteiger partial charge in [-0.05, 0) is 50.7 Å². The lowest BCUT2D eigenvalue weighted by molar-refractivity contribution is 0.201. The molecule has 1 atom stereocenters. The van der Waals surface area contributed by atoms with Crippen LogP contribution in [-0.2, 0) is 11.2 Å². The molecule has 1 heterocycles. The largest absolute Gasteiger partial charge is 0.490 e. The molecule has 2 rings (SSSR count). The van der Waals surface area contributed by atoms with Crippen molar-refractivity contribution in [1.29, 1.82) is 0 Å². The molecular weight excluding hydrogens is 320 g/mol. The maximum Gasteiger partial charge on any atom is 0.123 e. The van der Waals surface area contributed by atoms with Crippen molar-refractivity contribution in [3.8, 4) is 5.75 Å². The van der Waals surface area contributed by atoms with Crippen LogP contribution in [0.3, 0.4) is 0 Å². The van der Waals surface area contributed by atoms with Gasteiger partial charge in [-0.1, -0.05) is 75.8 Å². The second-order valence-corrected chi connectivity index (χ2v) is 7.91. The molecule has 1 aromatic carbocycles. The summed E-state index contributed by atoms with van der Waals surface area (Å²) < 4.78 is 11.4. The van der Waals surface area contributed by atoms with E-state index in [4.69, 9.17) is 9.47 Å². The Balaban J connectivity index is 1.50. The summed E-state index contributed by atoms with van der Waals surface area (Å²) in [6, 6.07) is 8.47. The Morgan fingerprint density at radius 3 is 2.35 bits per heavy atom. The van der Waals surface area contributed by atoms with E-state index in [1.165, 1.54) is 69.8 Å². The number of para-hydroxylation sites is 1. The minimum Gasteiger partial charge on any atom is -0.490 e. The molecule has 0 spiro atoms. The number of rotatable bonds is 15. The van der Waals surface area contributed by atoms with E-state index in [-0.39, 0.29) is 5.60 Å². The molecule has 0 saturated carbocycles. The number of hydrogen-bond acceptors (Lipinski definition) is 2. The number of benzene rings is 1. The van der Waals surface area contributed by atoms with E-state index in [2.05, 4.69) is 50.3 Å². The van der Waals surface area contributed by atoms with Crippen LogP contribution >= 0.6 is 0 Å². The van der Waals surface area contributed by atoms with Gasteiger partial charge in [0.2, 0.25) is 0 Å². The van der Waals surface area contributed by atoms with Gasteiger partial charge < -0.3 is 9.47 Å². The van der Waals surface area contributed by atoms with Crippen molar-refractivity contribution >= 4 is 0 Å². The zero-order valence-corrected chi connectivity index (χ0v) is 17.0. The number of aryl methyl sites for hydroxylation is 1. The molecule has 2 nitrogen and oxygen atoms in total. The van der Waals surface area contributed by atoms with Gasteiger partial charge in [-0.3, -0.25) is 0 Å². The van der Waals surface area contributed by atoms with Crippen molar-refractivity contribution in [2.45, 2.75) is 90.1 Å². The van der Waals surface area contributed by atoms with Gasteiger partial charge >= 0.3 is 0 Å². The summed E-state index contributed by atoms with van der Waals surface area (Å²) in [4.78, 5) is 0. The molecule has 0 aromatic heterocycles. The SMILES string of the molecule is CCCC/C=C/CCCCCCCCc1ccccc1OCC1(C)CO1. The lowest BCUT2D eigenvalue weighted by Crippen LogP contribution is -2.17. The van der Waals surface area contributed by atoms with Crippen molar-refractivity contribution in [1.82, 2.24) is 0 Å². The predicted molar refractivity (Wildman–Crippen MR) is 111 cm³/mol. The summed E-state index contributed by atoms with van der Waals surface area (Å²) >= 11 is 0. The third-order valence-electron chi connectivity index (χ3n) is 5.10. The first kappa shape index (κ1) is 21.0. The number of unbranched alkanes of at least 4 members (excludes halogenated alkanes) is 8. The highest BCUT2D eigenvalue weighted by Crippen LogP contribution is 2.28. The summed E-state index contributed by atoms with van der Waals surface area (Å²) in [6.45, 7) is 5.85. The average Bonchev–Trinajstić information content (AvgIpc) is 3.39. The van der Waals surface area contributed by atoms with Crippen LogP contribution in [0.2, 0.25) is 0 Å². The molecular formula is C24H38O2.